The SMILES string of the molecule is COC[C@@H](O)c1ccc(C#Cc2ccc(C(=O)NC[C@H]3C[C@@H](NC(=O)[C@@H]4C[C@H](F)CN4)CN3C(=O)C3CC3)cc2)cc1. The first-order chi connectivity index (χ1) is 20.3. The van der Waals surface area contributed by atoms with E-state index in [0.717, 1.165) is 29.5 Å². The number of rotatable bonds is 9. The van der Waals surface area contributed by atoms with Crippen LogP contribution in [0.25, 0.3) is 0 Å². The summed E-state index contributed by atoms with van der Waals surface area (Å²) in [5.41, 5.74) is 2.79. The second-order valence-electron chi connectivity index (χ2n) is 11.3. The molecule has 10 heteroatoms. The molecule has 0 aromatic heterocycles. The summed E-state index contributed by atoms with van der Waals surface area (Å²) >= 11 is 0. The van der Waals surface area contributed by atoms with E-state index in [9.17, 15) is 23.9 Å². The summed E-state index contributed by atoms with van der Waals surface area (Å²) in [5.74, 6) is 5.76. The number of aliphatic hydroxyl groups is 1. The monoisotopic (exact) mass is 576 g/mol. The maximum absolute atomic E-state index is 13.5. The van der Waals surface area contributed by atoms with E-state index in [1.807, 2.05) is 24.3 Å². The van der Waals surface area contributed by atoms with Gasteiger partial charge in [-0.15, -0.1) is 0 Å². The van der Waals surface area contributed by atoms with E-state index >= 15 is 0 Å². The molecule has 0 bridgehead atoms. The normalized spacial score (nSPS) is 24.0. The fraction of sp³-hybridized carbons (Fsp3) is 0.469. The molecule has 2 aromatic carbocycles. The van der Waals surface area contributed by atoms with Gasteiger partial charge in [0.2, 0.25) is 11.8 Å². The molecule has 9 nitrogen and oxygen atoms in total. The zero-order valence-electron chi connectivity index (χ0n) is 23.6. The zero-order valence-corrected chi connectivity index (χ0v) is 23.6. The van der Waals surface area contributed by atoms with Crippen LogP contribution >= 0.6 is 0 Å². The first kappa shape index (κ1) is 29.7. The predicted octanol–water partition coefficient (Wildman–Crippen LogP) is 1.69. The molecule has 2 heterocycles. The molecule has 0 unspecified atom stereocenters. The molecule has 222 valence electrons. The molecule has 5 atom stereocenters. The van der Waals surface area contributed by atoms with E-state index in [0.29, 0.717) is 18.5 Å². The van der Waals surface area contributed by atoms with E-state index in [-0.39, 0.29) is 61.8 Å². The fourth-order valence-electron chi connectivity index (χ4n) is 5.45. The van der Waals surface area contributed by atoms with Crippen molar-refractivity contribution in [3.8, 4) is 11.8 Å². The number of nitrogens with one attached hydrogen (secondary N) is 3. The number of ether oxygens (including phenoxy) is 1. The van der Waals surface area contributed by atoms with Crippen LogP contribution in [0.15, 0.2) is 48.5 Å². The van der Waals surface area contributed by atoms with Crippen molar-refractivity contribution < 1.29 is 28.6 Å². The maximum Gasteiger partial charge on any atom is 0.251 e. The Balaban J connectivity index is 1.15. The largest absolute Gasteiger partial charge is 0.386 e. The number of carbonyl (C=O) groups excluding carboxylic acids is 3. The highest BCUT2D eigenvalue weighted by Gasteiger charge is 2.42. The molecule has 5 rings (SSSR count). The third-order valence-electron chi connectivity index (χ3n) is 7.98. The van der Waals surface area contributed by atoms with Crippen LogP contribution in [0.2, 0.25) is 0 Å². The molecule has 3 aliphatic rings. The van der Waals surface area contributed by atoms with Crippen molar-refractivity contribution in [2.24, 2.45) is 5.92 Å². The maximum atomic E-state index is 13.5. The van der Waals surface area contributed by atoms with Gasteiger partial charge in [-0.2, -0.15) is 0 Å². The average molecular weight is 577 g/mol. The molecule has 0 radical (unpaired) electrons. The summed E-state index contributed by atoms with van der Waals surface area (Å²) < 4.78 is 18.5. The standard InChI is InChI=1S/C32H37FN4O5/c1-42-19-29(38)22-8-4-20(5-9-22)2-3-21-6-10-23(11-7-21)30(39)35-17-27-15-26(18-37(27)32(41)24-12-13-24)36-31(40)28-14-25(33)16-34-28/h4-11,24-29,34,38H,12-19H2,1H3,(H,35,39)(H,36,40)/t25-,26+,27+,28-,29+/m0/s1. The highest BCUT2D eigenvalue weighted by molar-refractivity contribution is 5.94. The van der Waals surface area contributed by atoms with Gasteiger partial charge in [0, 0.05) is 61.8 Å². The average Bonchev–Trinajstić information content (AvgIpc) is 3.64. The Kier molecular flexibility index (Phi) is 9.52. The number of nitrogens with zero attached hydrogens (tertiary/aromatic N) is 1. The van der Waals surface area contributed by atoms with Crippen LogP contribution in [-0.4, -0.2) is 85.4 Å². The number of carbonyl (C=O) groups is 3. The number of hydrogen-bond acceptors (Lipinski definition) is 6. The lowest BCUT2D eigenvalue weighted by molar-refractivity contribution is -0.133. The van der Waals surface area contributed by atoms with Crippen LogP contribution in [0, 0.1) is 17.8 Å². The van der Waals surface area contributed by atoms with Gasteiger partial charge >= 0.3 is 0 Å². The molecule has 1 saturated carbocycles. The minimum absolute atomic E-state index is 0.0234. The van der Waals surface area contributed by atoms with E-state index < -0.39 is 18.3 Å². The molecule has 3 amide bonds. The van der Waals surface area contributed by atoms with Crippen molar-refractivity contribution in [1.82, 2.24) is 20.9 Å². The second-order valence-corrected chi connectivity index (χ2v) is 11.3. The number of methoxy groups -OCH3 is 1. The number of amides is 3. The van der Waals surface area contributed by atoms with Gasteiger partial charge in [0.05, 0.1) is 18.7 Å². The van der Waals surface area contributed by atoms with Crippen molar-refractivity contribution in [3.05, 3.63) is 70.8 Å². The highest BCUT2D eigenvalue weighted by atomic mass is 19.1. The smallest absolute Gasteiger partial charge is 0.251 e. The minimum atomic E-state index is -1.03. The number of hydrogen-bond donors (Lipinski definition) is 4. The molecule has 2 aliphatic heterocycles. The van der Waals surface area contributed by atoms with Gasteiger partial charge in [0.25, 0.3) is 5.91 Å². The lowest BCUT2D eigenvalue weighted by Gasteiger charge is -2.25. The molecule has 1 aliphatic carbocycles. The van der Waals surface area contributed by atoms with Crippen LogP contribution in [0.1, 0.15) is 58.8 Å². The molecular weight excluding hydrogens is 539 g/mol. The molecule has 42 heavy (non-hydrogen) atoms. The first-order valence-corrected chi connectivity index (χ1v) is 14.5. The number of likely N-dealkylation sites (tertiary alicyclic amines) is 1. The Hall–Kier alpha value is -3.78. The third-order valence-corrected chi connectivity index (χ3v) is 7.98. The Bertz CT molecular complexity index is 1340. The van der Waals surface area contributed by atoms with E-state index in [4.69, 9.17) is 4.74 Å². The summed E-state index contributed by atoms with van der Waals surface area (Å²) in [6.07, 6.45) is 0.707. The zero-order chi connectivity index (χ0) is 29.6. The molecule has 4 N–H and O–H groups in total. The molecule has 2 saturated heterocycles. The Morgan fingerprint density at radius 1 is 1.07 bits per heavy atom. The summed E-state index contributed by atoms with van der Waals surface area (Å²) in [5, 5.41) is 18.8. The number of halogens is 1. The summed E-state index contributed by atoms with van der Waals surface area (Å²) in [6, 6.07) is 13.3. The van der Waals surface area contributed by atoms with Gasteiger partial charge in [0.1, 0.15) is 12.3 Å². The van der Waals surface area contributed by atoms with Gasteiger partial charge in [-0.1, -0.05) is 24.0 Å². The van der Waals surface area contributed by atoms with Crippen molar-refractivity contribution >= 4 is 17.7 Å². The Morgan fingerprint density at radius 2 is 1.74 bits per heavy atom. The Morgan fingerprint density at radius 3 is 2.33 bits per heavy atom. The van der Waals surface area contributed by atoms with Gasteiger partial charge in [0.15, 0.2) is 0 Å². The topological polar surface area (TPSA) is 120 Å². The van der Waals surface area contributed by atoms with Gasteiger partial charge in [-0.05, 0) is 61.2 Å². The van der Waals surface area contributed by atoms with Gasteiger partial charge in [-0.25, -0.2) is 4.39 Å². The molecule has 2 aromatic rings. The third kappa shape index (κ3) is 7.53. The lowest BCUT2D eigenvalue weighted by atomic mass is 10.1. The summed E-state index contributed by atoms with van der Waals surface area (Å²) in [6.45, 7) is 1.06. The Labute approximate surface area is 245 Å². The summed E-state index contributed by atoms with van der Waals surface area (Å²) in [4.78, 5) is 40.3. The van der Waals surface area contributed by atoms with Crippen LogP contribution in [-0.2, 0) is 14.3 Å². The summed E-state index contributed by atoms with van der Waals surface area (Å²) in [7, 11) is 1.54. The van der Waals surface area contributed by atoms with E-state index in [2.05, 4.69) is 27.8 Å². The molecule has 0 spiro atoms. The van der Waals surface area contributed by atoms with Crippen LogP contribution in [0.4, 0.5) is 4.39 Å². The van der Waals surface area contributed by atoms with E-state index in [1.165, 1.54) is 7.11 Å². The van der Waals surface area contributed by atoms with Crippen molar-refractivity contribution in [1.29, 1.82) is 0 Å². The number of alkyl halides is 1. The van der Waals surface area contributed by atoms with Crippen molar-refractivity contribution in [2.45, 2.75) is 56.1 Å². The molecule has 3 fully saturated rings. The van der Waals surface area contributed by atoms with Crippen molar-refractivity contribution in [2.75, 3.05) is 33.4 Å². The van der Waals surface area contributed by atoms with E-state index in [1.54, 1.807) is 29.2 Å². The predicted molar refractivity (Wildman–Crippen MR) is 154 cm³/mol. The second kappa shape index (κ2) is 13.5. The van der Waals surface area contributed by atoms with Crippen molar-refractivity contribution in [3.63, 3.8) is 0 Å². The van der Waals surface area contributed by atoms with Crippen LogP contribution in [0.3, 0.4) is 0 Å². The first-order valence-electron chi connectivity index (χ1n) is 14.5. The highest BCUT2D eigenvalue weighted by Crippen LogP contribution is 2.33. The van der Waals surface area contributed by atoms with Crippen LogP contribution < -0.4 is 16.0 Å². The molecular formula is C32H37FN4O5. The lowest BCUT2D eigenvalue weighted by Crippen LogP contribution is -2.46. The van der Waals surface area contributed by atoms with Gasteiger partial charge < -0.3 is 30.7 Å². The number of benzene rings is 2. The van der Waals surface area contributed by atoms with Crippen LogP contribution in [0.5, 0.6) is 0 Å². The minimum Gasteiger partial charge on any atom is -0.386 e. The quantitative estimate of drug-likeness (QED) is 0.338. The fourth-order valence-corrected chi connectivity index (χ4v) is 5.45. The van der Waals surface area contributed by atoms with Gasteiger partial charge in [-0.3, -0.25) is 14.4 Å². The number of aliphatic hydroxyl groups excluding tert-OH is 1.